The van der Waals surface area contributed by atoms with E-state index in [1.54, 1.807) is 30.6 Å². The van der Waals surface area contributed by atoms with Crippen LogP contribution in [0.5, 0.6) is 11.6 Å². The van der Waals surface area contributed by atoms with Crippen LogP contribution >= 0.6 is 0 Å². The number of nitriles is 1. The molecule has 0 saturated heterocycles. The van der Waals surface area contributed by atoms with Crippen molar-refractivity contribution in [3.63, 3.8) is 0 Å². The molecular weight excluding hydrogens is 395 g/mol. The zero-order chi connectivity index (χ0) is 11.4. The number of rotatable bonds is 3. The number of imidazole rings is 1. The van der Waals surface area contributed by atoms with Crippen molar-refractivity contribution in [3.05, 3.63) is 42.4 Å². The molecule has 0 aliphatic heterocycles. The Labute approximate surface area is 105 Å². The second-order valence-electron chi connectivity index (χ2n) is 3.08. The SMILES string of the molecule is [CH2]=[Tl][n]1cnc(Oc2ccc(C#N)cc2)c1. The van der Waals surface area contributed by atoms with Crippen LogP contribution < -0.4 is 4.74 Å². The van der Waals surface area contributed by atoms with E-state index in [4.69, 9.17) is 10.00 Å². The first-order valence-electron chi connectivity index (χ1n) is 4.66. The minimum atomic E-state index is -1.07. The van der Waals surface area contributed by atoms with Crippen molar-refractivity contribution >= 4 is 28.1 Å². The number of nitrogens with zero attached hydrogens (tertiary/aromatic N) is 3. The van der Waals surface area contributed by atoms with Crippen LogP contribution in [0, 0.1) is 11.3 Å². The van der Waals surface area contributed by atoms with Gasteiger partial charge in [-0.1, -0.05) is 0 Å². The molecule has 1 aromatic carbocycles. The molecular formula is C11H8N3OTl. The van der Waals surface area contributed by atoms with Crippen LogP contribution in [0.25, 0.3) is 0 Å². The van der Waals surface area contributed by atoms with Gasteiger partial charge in [0.1, 0.15) is 0 Å². The van der Waals surface area contributed by atoms with Gasteiger partial charge in [-0.25, -0.2) is 0 Å². The number of hydrogen-bond donors (Lipinski definition) is 0. The summed E-state index contributed by atoms with van der Waals surface area (Å²) >= 11 is -1.07. The van der Waals surface area contributed by atoms with Crippen molar-refractivity contribution < 1.29 is 4.74 Å². The second kappa shape index (κ2) is 5.03. The van der Waals surface area contributed by atoms with Gasteiger partial charge in [0.15, 0.2) is 0 Å². The zero-order valence-corrected chi connectivity index (χ0v) is 13.0. The van der Waals surface area contributed by atoms with E-state index in [1.165, 1.54) is 0 Å². The predicted octanol–water partition coefficient (Wildman–Crippen LogP) is 1.45. The Hall–Kier alpha value is -1.49. The van der Waals surface area contributed by atoms with E-state index in [1.807, 2.05) is 8.57 Å². The van der Waals surface area contributed by atoms with E-state index < -0.39 is 24.0 Å². The molecule has 0 atom stereocenters. The summed E-state index contributed by atoms with van der Waals surface area (Å²) in [6, 6.07) is 9.00. The fourth-order valence-corrected chi connectivity index (χ4v) is 2.72. The Bertz CT molecular complexity index is 539. The molecule has 0 aliphatic carbocycles. The Morgan fingerprint density at radius 1 is 1.38 bits per heavy atom. The normalized spacial score (nSPS) is 9.19. The van der Waals surface area contributed by atoms with Crippen molar-refractivity contribution in [1.29, 1.82) is 5.26 Å². The van der Waals surface area contributed by atoms with Crippen LogP contribution in [0.2, 0.25) is 0 Å². The van der Waals surface area contributed by atoms with E-state index in [2.05, 4.69) is 15.1 Å². The Morgan fingerprint density at radius 3 is 2.69 bits per heavy atom. The van der Waals surface area contributed by atoms with Crippen molar-refractivity contribution in [2.75, 3.05) is 0 Å². The van der Waals surface area contributed by atoms with Crippen LogP contribution in [0.4, 0.5) is 0 Å². The maximum atomic E-state index is 8.65. The van der Waals surface area contributed by atoms with Gasteiger partial charge < -0.3 is 0 Å². The van der Waals surface area contributed by atoms with Crippen LogP contribution in [-0.2, 0) is 0 Å². The van der Waals surface area contributed by atoms with Gasteiger partial charge in [-0.3, -0.25) is 0 Å². The molecule has 0 bridgehead atoms. The summed E-state index contributed by atoms with van der Waals surface area (Å²) in [5, 5.41) is 8.65. The molecule has 5 heteroatoms. The molecule has 1 heterocycles. The van der Waals surface area contributed by atoms with Gasteiger partial charge in [-0.15, -0.1) is 0 Å². The molecule has 0 amide bonds. The first-order valence-corrected chi connectivity index (χ1v) is 9.84. The quantitative estimate of drug-likeness (QED) is 0.730. The fraction of sp³-hybridized carbons (Fsp3) is 0. The molecule has 2 rings (SSSR count). The average molecular weight is 403 g/mol. The second-order valence-corrected chi connectivity index (χ2v) is 6.82. The van der Waals surface area contributed by atoms with Gasteiger partial charge >= 0.3 is 106 Å². The summed E-state index contributed by atoms with van der Waals surface area (Å²) in [5.41, 5.74) is 0.617. The molecule has 0 saturated carbocycles. The number of aromatic nitrogens is 2. The van der Waals surface area contributed by atoms with Gasteiger partial charge in [0.2, 0.25) is 0 Å². The van der Waals surface area contributed by atoms with E-state index in [9.17, 15) is 0 Å². The molecule has 2 aromatic rings. The van der Waals surface area contributed by atoms with E-state index in [0.717, 1.165) is 0 Å². The van der Waals surface area contributed by atoms with Gasteiger partial charge in [0.05, 0.1) is 0 Å². The van der Waals surface area contributed by atoms with Crippen molar-refractivity contribution in [1.82, 2.24) is 7.36 Å². The monoisotopic (exact) mass is 403 g/mol. The third-order valence-corrected chi connectivity index (χ3v) is 4.73. The molecule has 0 unspecified atom stereocenters. The summed E-state index contributed by atoms with van der Waals surface area (Å²) in [4.78, 5) is 4.11. The van der Waals surface area contributed by atoms with Crippen molar-refractivity contribution in [2.45, 2.75) is 0 Å². The molecule has 0 radical (unpaired) electrons. The van der Waals surface area contributed by atoms with Crippen LogP contribution in [-0.4, -0.2) is 35.5 Å². The molecule has 0 spiro atoms. The van der Waals surface area contributed by atoms with Crippen LogP contribution in [0.15, 0.2) is 36.8 Å². The average Bonchev–Trinajstić information content (AvgIpc) is 2.78. The minimum absolute atomic E-state index is 0.574. The third-order valence-electron chi connectivity index (χ3n) is 1.99. The van der Waals surface area contributed by atoms with Gasteiger partial charge in [0.25, 0.3) is 0 Å². The van der Waals surface area contributed by atoms with Gasteiger partial charge in [-0.2, -0.15) is 0 Å². The van der Waals surface area contributed by atoms with Crippen LogP contribution in [0.3, 0.4) is 0 Å². The van der Waals surface area contributed by atoms with E-state index in [-0.39, 0.29) is 0 Å². The fourth-order valence-electron chi connectivity index (χ4n) is 1.19. The molecule has 16 heavy (non-hydrogen) atoms. The first-order chi connectivity index (χ1) is 7.81. The predicted molar refractivity (Wildman–Crippen MR) is 61.7 cm³/mol. The molecule has 76 valence electrons. The topological polar surface area (TPSA) is 50.8 Å². The number of hydrogen-bond acceptors (Lipinski definition) is 3. The molecule has 0 fully saturated rings. The van der Waals surface area contributed by atoms with Gasteiger partial charge in [-0.05, 0) is 0 Å². The third kappa shape index (κ3) is 2.55. The Balaban J connectivity index is 2.14. The zero-order valence-electron chi connectivity index (χ0n) is 8.50. The van der Waals surface area contributed by atoms with E-state index >= 15 is 0 Å². The standard InChI is InChI=1S/C10H6N3O.CH2.Tl/c11-5-8-1-3-9(4-2-8)14-10-6-12-7-13-10;;/h1-4,6-7H;1H2;/q-1;;+1. The van der Waals surface area contributed by atoms with Crippen LogP contribution in [0.1, 0.15) is 5.56 Å². The van der Waals surface area contributed by atoms with E-state index in [0.29, 0.717) is 17.2 Å². The van der Waals surface area contributed by atoms with Crippen molar-refractivity contribution in [3.8, 4) is 17.7 Å². The number of ether oxygens (including phenoxy) is 1. The summed E-state index contributed by atoms with van der Waals surface area (Å²) in [5.74, 6) is 1.26. The molecule has 0 N–H and O–H groups in total. The summed E-state index contributed by atoms with van der Waals surface area (Å²) in [6.45, 7) is 0. The summed E-state index contributed by atoms with van der Waals surface area (Å²) in [6.07, 6.45) is 3.61. The molecule has 1 aromatic heterocycles. The Morgan fingerprint density at radius 2 is 2.12 bits per heavy atom. The van der Waals surface area contributed by atoms with Gasteiger partial charge in [0, 0.05) is 0 Å². The number of benzene rings is 1. The molecule has 4 nitrogen and oxygen atoms in total. The summed E-state index contributed by atoms with van der Waals surface area (Å²) < 4.78 is 11.5. The molecule has 0 aliphatic rings. The summed E-state index contributed by atoms with van der Waals surface area (Å²) in [7, 11) is 0. The maximum absolute atomic E-state index is 8.65. The Kier molecular flexibility index (Phi) is 3.46. The van der Waals surface area contributed by atoms with Crippen molar-refractivity contribution in [2.24, 2.45) is 0 Å². The first kappa shape index (κ1) is 11.0.